The number of ether oxygens (including phenoxy) is 1. The summed E-state index contributed by atoms with van der Waals surface area (Å²) in [5.41, 5.74) is 1.10. The fourth-order valence-electron chi connectivity index (χ4n) is 1.63. The molecule has 1 aliphatic heterocycles. The first-order chi connectivity index (χ1) is 7.68. The molecule has 1 fully saturated rings. The Morgan fingerprint density at radius 2 is 2.06 bits per heavy atom. The second-order valence-electron chi connectivity index (χ2n) is 4.05. The maximum absolute atomic E-state index is 11.6. The van der Waals surface area contributed by atoms with E-state index in [4.69, 9.17) is 4.74 Å². The molecule has 0 aliphatic carbocycles. The zero-order valence-electron chi connectivity index (χ0n) is 9.59. The van der Waals surface area contributed by atoms with E-state index in [-0.39, 0.29) is 12.0 Å². The fraction of sp³-hybridized carbons (Fsp3) is 0.417. The van der Waals surface area contributed by atoms with E-state index >= 15 is 0 Å². The molecule has 0 spiro atoms. The van der Waals surface area contributed by atoms with Gasteiger partial charge in [0.05, 0.1) is 13.2 Å². The van der Waals surface area contributed by atoms with Gasteiger partial charge in [-0.05, 0) is 5.56 Å². The van der Waals surface area contributed by atoms with Gasteiger partial charge in [0, 0.05) is 14.1 Å². The monoisotopic (exact) mass is 220 g/mol. The van der Waals surface area contributed by atoms with Crippen molar-refractivity contribution < 1.29 is 9.53 Å². The number of carbonyl (C=O) groups is 1. The summed E-state index contributed by atoms with van der Waals surface area (Å²) < 4.78 is 5.54. The Hall–Kier alpha value is -1.39. The van der Waals surface area contributed by atoms with Gasteiger partial charge in [0.1, 0.15) is 0 Å². The van der Waals surface area contributed by atoms with Crippen molar-refractivity contribution >= 4 is 5.91 Å². The summed E-state index contributed by atoms with van der Waals surface area (Å²) in [6, 6.07) is 9.88. The average Bonchev–Trinajstić information content (AvgIpc) is 2.28. The molecule has 0 aromatic heterocycles. The van der Waals surface area contributed by atoms with Gasteiger partial charge in [-0.2, -0.15) is 0 Å². The number of hydrogen-bond acceptors (Lipinski definition) is 3. The van der Waals surface area contributed by atoms with Crippen molar-refractivity contribution in [2.24, 2.45) is 0 Å². The van der Waals surface area contributed by atoms with Gasteiger partial charge in [0.15, 0.2) is 6.10 Å². The second-order valence-corrected chi connectivity index (χ2v) is 4.05. The standard InChI is InChI=1S/C12H16N2O2/c1-13(2)14-8-11(12(14)15)16-9-10-6-4-3-5-7-10/h3-7,11H,8-9H2,1-2H3. The van der Waals surface area contributed by atoms with Gasteiger partial charge >= 0.3 is 0 Å². The molecule has 1 saturated heterocycles. The number of β-lactam (4-membered cyclic amide) rings is 1. The molecule has 0 bridgehead atoms. The normalized spacial score (nSPS) is 20.1. The average molecular weight is 220 g/mol. The largest absolute Gasteiger partial charge is 0.362 e. The van der Waals surface area contributed by atoms with Crippen molar-refractivity contribution in [2.75, 3.05) is 20.6 Å². The first-order valence-corrected chi connectivity index (χ1v) is 5.32. The second kappa shape index (κ2) is 4.63. The van der Waals surface area contributed by atoms with E-state index in [9.17, 15) is 4.79 Å². The van der Waals surface area contributed by atoms with Crippen LogP contribution in [0.1, 0.15) is 5.56 Å². The third-order valence-corrected chi connectivity index (χ3v) is 2.65. The zero-order chi connectivity index (χ0) is 11.5. The number of benzene rings is 1. The molecule has 4 nitrogen and oxygen atoms in total. The molecule has 1 heterocycles. The Bertz CT molecular complexity index is 365. The maximum Gasteiger partial charge on any atom is 0.267 e. The molecule has 16 heavy (non-hydrogen) atoms. The fourth-order valence-corrected chi connectivity index (χ4v) is 1.63. The van der Waals surface area contributed by atoms with Crippen molar-refractivity contribution in [1.82, 2.24) is 10.0 Å². The summed E-state index contributed by atoms with van der Waals surface area (Å²) in [5.74, 6) is 0.0425. The lowest BCUT2D eigenvalue weighted by molar-refractivity contribution is -0.186. The molecule has 1 atom stereocenters. The van der Waals surface area contributed by atoms with Crippen LogP contribution in [0.5, 0.6) is 0 Å². The van der Waals surface area contributed by atoms with E-state index in [1.807, 2.05) is 44.4 Å². The summed E-state index contributed by atoms with van der Waals surface area (Å²) in [6.07, 6.45) is -0.275. The van der Waals surface area contributed by atoms with Crippen LogP contribution in [0.25, 0.3) is 0 Å². The summed E-state index contributed by atoms with van der Waals surface area (Å²) in [6.45, 7) is 1.15. The van der Waals surface area contributed by atoms with Crippen LogP contribution >= 0.6 is 0 Å². The molecule has 0 saturated carbocycles. The van der Waals surface area contributed by atoms with E-state index in [0.717, 1.165) is 5.56 Å². The van der Waals surface area contributed by atoms with Gasteiger partial charge in [0.2, 0.25) is 0 Å². The Morgan fingerprint density at radius 3 is 2.62 bits per heavy atom. The summed E-state index contributed by atoms with van der Waals surface area (Å²) in [5, 5.41) is 3.44. The lowest BCUT2D eigenvalue weighted by atomic mass is 10.2. The summed E-state index contributed by atoms with van der Waals surface area (Å²) in [7, 11) is 3.70. The highest BCUT2D eigenvalue weighted by Gasteiger charge is 2.38. The number of rotatable bonds is 4. The van der Waals surface area contributed by atoms with Crippen LogP contribution in [0.2, 0.25) is 0 Å². The van der Waals surface area contributed by atoms with Crippen molar-refractivity contribution in [3.05, 3.63) is 35.9 Å². The van der Waals surface area contributed by atoms with Crippen LogP contribution in [-0.4, -0.2) is 42.7 Å². The van der Waals surface area contributed by atoms with E-state index in [1.165, 1.54) is 0 Å². The van der Waals surface area contributed by atoms with Crippen LogP contribution in [0.15, 0.2) is 30.3 Å². The van der Waals surface area contributed by atoms with Gasteiger partial charge in [-0.15, -0.1) is 0 Å². The summed E-state index contributed by atoms with van der Waals surface area (Å²) >= 11 is 0. The minimum Gasteiger partial charge on any atom is -0.362 e. The predicted octanol–water partition coefficient (Wildman–Crippen LogP) is 0.891. The van der Waals surface area contributed by atoms with E-state index < -0.39 is 0 Å². The van der Waals surface area contributed by atoms with Crippen LogP contribution in [0, 0.1) is 0 Å². The molecule has 1 amide bonds. The predicted molar refractivity (Wildman–Crippen MR) is 60.4 cm³/mol. The van der Waals surface area contributed by atoms with Crippen LogP contribution < -0.4 is 0 Å². The van der Waals surface area contributed by atoms with Gasteiger partial charge in [-0.25, -0.2) is 5.01 Å². The van der Waals surface area contributed by atoms with E-state index in [0.29, 0.717) is 13.2 Å². The van der Waals surface area contributed by atoms with Gasteiger partial charge in [0.25, 0.3) is 5.91 Å². The molecule has 1 aliphatic rings. The van der Waals surface area contributed by atoms with Crippen LogP contribution in [0.4, 0.5) is 0 Å². The number of hydrogen-bond donors (Lipinski definition) is 0. The van der Waals surface area contributed by atoms with Gasteiger partial charge in [-0.3, -0.25) is 9.80 Å². The summed E-state index contributed by atoms with van der Waals surface area (Å²) in [4.78, 5) is 11.6. The van der Waals surface area contributed by atoms with Gasteiger partial charge in [-0.1, -0.05) is 30.3 Å². The number of carbonyl (C=O) groups excluding carboxylic acids is 1. The highest BCUT2D eigenvalue weighted by atomic mass is 16.5. The van der Waals surface area contributed by atoms with E-state index in [2.05, 4.69) is 0 Å². The van der Waals surface area contributed by atoms with Crippen molar-refractivity contribution in [3.63, 3.8) is 0 Å². The number of hydrazine groups is 1. The molecule has 0 radical (unpaired) electrons. The van der Waals surface area contributed by atoms with Crippen molar-refractivity contribution in [2.45, 2.75) is 12.7 Å². The Labute approximate surface area is 95.4 Å². The first kappa shape index (κ1) is 11.1. The third kappa shape index (κ3) is 2.23. The lowest BCUT2D eigenvalue weighted by Gasteiger charge is -2.41. The minimum atomic E-state index is -0.275. The third-order valence-electron chi connectivity index (χ3n) is 2.65. The first-order valence-electron chi connectivity index (χ1n) is 5.32. The van der Waals surface area contributed by atoms with Crippen LogP contribution in [-0.2, 0) is 16.1 Å². The Balaban J connectivity index is 1.79. The van der Waals surface area contributed by atoms with Crippen molar-refractivity contribution in [1.29, 1.82) is 0 Å². The molecule has 86 valence electrons. The zero-order valence-corrected chi connectivity index (χ0v) is 9.59. The number of nitrogens with zero attached hydrogens (tertiary/aromatic N) is 2. The molecule has 1 unspecified atom stereocenters. The molecule has 2 rings (SSSR count). The molecule has 1 aromatic rings. The van der Waals surface area contributed by atoms with Crippen LogP contribution in [0.3, 0.4) is 0 Å². The SMILES string of the molecule is CN(C)N1CC(OCc2ccccc2)C1=O. The molecular weight excluding hydrogens is 204 g/mol. The van der Waals surface area contributed by atoms with Crippen molar-refractivity contribution in [3.8, 4) is 0 Å². The highest BCUT2D eigenvalue weighted by Crippen LogP contribution is 2.16. The molecule has 0 N–H and O–H groups in total. The minimum absolute atomic E-state index is 0.0425. The smallest absolute Gasteiger partial charge is 0.267 e. The highest BCUT2D eigenvalue weighted by molar-refractivity contribution is 5.86. The Morgan fingerprint density at radius 1 is 1.38 bits per heavy atom. The Kier molecular flexibility index (Phi) is 3.22. The van der Waals surface area contributed by atoms with E-state index in [1.54, 1.807) is 10.0 Å². The number of amides is 1. The quantitative estimate of drug-likeness (QED) is 0.706. The van der Waals surface area contributed by atoms with Gasteiger partial charge < -0.3 is 4.74 Å². The molecule has 4 heteroatoms. The lowest BCUT2D eigenvalue weighted by Crippen LogP contribution is -2.62. The molecule has 1 aromatic carbocycles. The molecular formula is C12H16N2O2. The topological polar surface area (TPSA) is 32.8 Å². The maximum atomic E-state index is 11.6.